The molecule has 21 heavy (non-hydrogen) atoms. The Balaban J connectivity index is 2.44. The molecule has 0 spiro atoms. The Kier molecular flexibility index (Phi) is 4.51. The fourth-order valence-corrected chi connectivity index (χ4v) is 6.87. The van der Waals surface area contributed by atoms with E-state index in [1.165, 1.54) is 0 Å². The van der Waals surface area contributed by atoms with Crippen molar-refractivity contribution in [2.75, 3.05) is 4.90 Å². The topological polar surface area (TPSA) is 40.6 Å². The predicted octanol–water partition coefficient (Wildman–Crippen LogP) is 3.85. The Morgan fingerprint density at radius 3 is 2.00 bits per heavy atom. The van der Waals surface area contributed by atoms with Gasteiger partial charge in [-0.2, -0.15) is 0 Å². The van der Waals surface area contributed by atoms with Crippen LogP contribution in [0.5, 0.6) is 0 Å². The van der Waals surface area contributed by atoms with Gasteiger partial charge in [0.1, 0.15) is 6.04 Å². The van der Waals surface area contributed by atoms with Crippen molar-refractivity contribution in [2.45, 2.75) is 51.9 Å². The Morgan fingerprint density at radius 1 is 1.00 bits per heavy atom. The second-order valence-electron chi connectivity index (χ2n) is 5.62. The number of carbonyl (C=O) groups excluding carboxylic acids is 2. The molecule has 2 rings (SSSR count). The summed E-state index contributed by atoms with van der Waals surface area (Å²) in [6.45, 7) is 8.15. The van der Waals surface area contributed by atoms with Crippen molar-refractivity contribution in [1.29, 1.82) is 0 Å². The van der Waals surface area contributed by atoms with Crippen LogP contribution in [0, 0.1) is 0 Å². The summed E-state index contributed by atoms with van der Waals surface area (Å²) in [4.78, 5) is 27.3. The second kappa shape index (κ2) is 6.01. The van der Waals surface area contributed by atoms with Gasteiger partial charge in [-0.25, -0.2) is 4.79 Å². The molecule has 1 atom stereocenters. The van der Waals surface area contributed by atoms with Crippen molar-refractivity contribution in [1.82, 2.24) is 4.57 Å². The van der Waals surface area contributed by atoms with E-state index in [9.17, 15) is 9.59 Å². The minimum Gasteiger partial charge on any atom is -0.292 e. The van der Waals surface area contributed by atoms with E-state index in [-0.39, 0.29) is 11.9 Å². The van der Waals surface area contributed by atoms with E-state index in [0.29, 0.717) is 0 Å². The minimum absolute atomic E-state index is 0.0268. The highest BCUT2D eigenvalue weighted by Gasteiger charge is 2.52. The van der Waals surface area contributed by atoms with Crippen LogP contribution >= 0.6 is 0 Å². The third kappa shape index (κ3) is 2.39. The first kappa shape index (κ1) is 15.8. The molecule has 3 amide bonds. The Morgan fingerprint density at radius 2 is 1.52 bits per heavy atom. The molecule has 0 aliphatic carbocycles. The van der Waals surface area contributed by atoms with Crippen molar-refractivity contribution in [3.63, 3.8) is 0 Å². The number of rotatable bonds is 5. The Bertz CT molecular complexity index is 520. The molecule has 5 heteroatoms. The fraction of sp³-hybridized carbons (Fsp3) is 0.500. The van der Waals surface area contributed by atoms with Gasteiger partial charge in [-0.1, -0.05) is 39.0 Å². The molecule has 1 aromatic carbocycles. The van der Waals surface area contributed by atoms with Crippen LogP contribution in [0.2, 0.25) is 18.1 Å². The highest BCUT2D eigenvalue weighted by Crippen LogP contribution is 2.34. The van der Waals surface area contributed by atoms with E-state index in [4.69, 9.17) is 0 Å². The average molecular weight is 304 g/mol. The van der Waals surface area contributed by atoms with Crippen LogP contribution in [0.3, 0.4) is 0 Å². The molecule has 4 nitrogen and oxygen atoms in total. The number of hydrogen-bond donors (Lipinski definition) is 0. The van der Waals surface area contributed by atoms with Crippen molar-refractivity contribution < 1.29 is 9.59 Å². The van der Waals surface area contributed by atoms with Gasteiger partial charge in [0.05, 0.1) is 0 Å². The van der Waals surface area contributed by atoms with Crippen LogP contribution in [-0.4, -0.2) is 30.8 Å². The maximum absolute atomic E-state index is 12.9. The van der Waals surface area contributed by atoms with Crippen LogP contribution in [0.1, 0.15) is 27.7 Å². The lowest BCUT2D eigenvalue weighted by molar-refractivity contribution is -0.124. The van der Waals surface area contributed by atoms with Gasteiger partial charge in [-0.15, -0.1) is 0 Å². The molecule has 0 N–H and O–H groups in total. The summed E-state index contributed by atoms with van der Waals surface area (Å²) in [7, 11) is -2.03. The minimum atomic E-state index is -2.03. The summed E-state index contributed by atoms with van der Waals surface area (Å²) >= 11 is 0. The summed E-state index contributed by atoms with van der Waals surface area (Å²) < 4.78 is 1.64. The normalized spacial score (nSPS) is 19.5. The first-order chi connectivity index (χ1) is 10.0. The summed E-state index contributed by atoms with van der Waals surface area (Å²) in [6, 6.07) is 11.7. The smallest absolute Gasteiger partial charge is 0.292 e. The predicted molar refractivity (Wildman–Crippen MR) is 87.8 cm³/mol. The van der Waals surface area contributed by atoms with Crippen LogP contribution in [-0.2, 0) is 4.79 Å². The molecule has 1 aliphatic rings. The van der Waals surface area contributed by atoms with Gasteiger partial charge in [0.25, 0.3) is 0 Å². The van der Waals surface area contributed by atoms with Gasteiger partial charge in [0, 0.05) is 5.69 Å². The molecule has 1 unspecified atom stereocenters. The molecule has 1 saturated heterocycles. The molecule has 1 aliphatic heterocycles. The second-order valence-corrected chi connectivity index (χ2v) is 10.6. The maximum atomic E-state index is 12.9. The summed E-state index contributed by atoms with van der Waals surface area (Å²) in [5.41, 5.74) is 0.803. The molecular weight excluding hydrogens is 280 g/mol. The lowest BCUT2D eigenvalue weighted by atomic mass is 10.2. The quantitative estimate of drug-likeness (QED) is 0.612. The average Bonchev–Trinajstić information content (AvgIpc) is 2.74. The zero-order valence-electron chi connectivity index (χ0n) is 13.3. The molecule has 0 aromatic heterocycles. The van der Waals surface area contributed by atoms with Gasteiger partial charge in [-0.05, 0) is 37.2 Å². The zero-order chi connectivity index (χ0) is 15.6. The third-order valence-electron chi connectivity index (χ3n) is 4.85. The Hall–Kier alpha value is -1.62. The highest BCUT2D eigenvalue weighted by atomic mass is 28.3. The van der Waals surface area contributed by atoms with E-state index in [1.54, 1.807) is 9.47 Å². The number of benzene rings is 1. The SMILES string of the molecule is CC[Si](CC)(CC)N1C(=O)C(C)N(c2ccccc2)C1=O. The number of hydrogen-bond acceptors (Lipinski definition) is 2. The van der Waals surface area contributed by atoms with E-state index >= 15 is 0 Å². The van der Waals surface area contributed by atoms with Crippen LogP contribution in [0.4, 0.5) is 10.5 Å². The van der Waals surface area contributed by atoms with Crippen LogP contribution < -0.4 is 4.90 Å². The van der Waals surface area contributed by atoms with Crippen LogP contribution in [0.15, 0.2) is 30.3 Å². The third-order valence-corrected chi connectivity index (χ3v) is 10.2. The first-order valence-electron chi connectivity index (χ1n) is 7.74. The molecular formula is C16H24N2O2Si. The highest BCUT2D eigenvalue weighted by molar-refractivity contribution is 6.81. The number of anilines is 1. The van der Waals surface area contributed by atoms with E-state index in [2.05, 4.69) is 20.8 Å². The summed E-state index contributed by atoms with van der Waals surface area (Å²) in [6.07, 6.45) is 0. The summed E-state index contributed by atoms with van der Waals surface area (Å²) in [5, 5.41) is 0. The van der Waals surface area contributed by atoms with Gasteiger partial charge in [0.15, 0.2) is 8.24 Å². The molecule has 1 heterocycles. The molecule has 114 valence electrons. The van der Waals surface area contributed by atoms with Crippen molar-refractivity contribution >= 4 is 25.9 Å². The van der Waals surface area contributed by atoms with E-state index in [1.807, 2.05) is 37.3 Å². The standard InChI is InChI=1S/C16H24N2O2Si/c1-5-21(6-2,7-3)18-15(19)13(4)17(16(18)20)14-11-9-8-10-12-14/h8-13H,5-7H2,1-4H3. The molecule has 0 radical (unpaired) electrons. The number of urea groups is 1. The van der Waals surface area contributed by atoms with Crippen molar-refractivity contribution in [3.8, 4) is 0 Å². The van der Waals surface area contributed by atoms with Gasteiger partial charge in [0.2, 0.25) is 5.91 Å². The number of imide groups is 1. The van der Waals surface area contributed by atoms with Gasteiger partial charge in [-0.3, -0.25) is 14.3 Å². The summed E-state index contributed by atoms with van der Waals surface area (Å²) in [5.74, 6) is -0.0268. The number of amides is 3. The largest absolute Gasteiger partial charge is 0.323 e. The monoisotopic (exact) mass is 304 g/mol. The van der Waals surface area contributed by atoms with Gasteiger partial charge >= 0.3 is 6.03 Å². The lowest BCUT2D eigenvalue weighted by Gasteiger charge is -2.36. The molecule has 1 aromatic rings. The number of nitrogens with zero attached hydrogens (tertiary/aromatic N) is 2. The fourth-order valence-electron chi connectivity index (χ4n) is 3.25. The van der Waals surface area contributed by atoms with E-state index < -0.39 is 14.3 Å². The van der Waals surface area contributed by atoms with E-state index in [0.717, 1.165) is 23.8 Å². The number of carbonyl (C=O) groups is 2. The first-order valence-corrected chi connectivity index (χ1v) is 10.3. The van der Waals surface area contributed by atoms with Crippen LogP contribution in [0.25, 0.3) is 0 Å². The molecule has 0 saturated carbocycles. The maximum Gasteiger partial charge on any atom is 0.323 e. The Labute approximate surface area is 127 Å². The zero-order valence-corrected chi connectivity index (χ0v) is 14.3. The van der Waals surface area contributed by atoms with Crippen molar-refractivity contribution in [3.05, 3.63) is 30.3 Å². The van der Waals surface area contributed by atoms with Crippen molar-refractivity contribution in [2.24, 2.45) is 0 Å². The molecule has 1 fully saturated rings. The molecule has 0 bridgehead atoms. The number of para-hydroxylation sites is 1. The van der Waals surface area contributed by atoms with Gasteiger partial charge < -0.3 is 0 Å². The lowest BCUT2D eigenvalue weighted by Crippen LogP contribution is -2.55.